The molecule has 0 spiro atoms. The summed E-state index contributed by atoms with van der Waals surface area (Å²) in [7, 11) is 1.59. The first-order valence-electron chi connectivity index (χ1n) is 5.50. The zero-order valence-electron chi connectivity index (χ0n) is 10.0. The Hall–Kier alpha value is -1.87. The van der Waals surface area contributed by atoms with Crippen molar-refractivity contribution < 1.29 is 9.47 Å². The third-order valence-corrected chi connectivity index (χ3v) is 2.84. The molecule has 0 heterocycles. The number of rotatable bonds is 4. The van der Waals surface area contributed by atoms with Crippen molar-refractivity contribution in [1.82, 2.24) is 0 Å². The normalized spacial score (nSPS) is 10.1. The van der Waals surface area contributed by atoms with Crippen LogP contribution >= 0.6 is 11.6 Å². The summed E-state index contributed by atoms with van der Waals surface area (Å²) in [5.41, 5.74) is 7.33. The number of nitrogen functional groups attached to an aromatic ring is 1. The Bertz CT molecular complexity index is 543. The highest BCUT2D eigenvalue weighted by Gasteiger charge is 2.03. The van der Waals surface area contributed by atoms with Crippen LogP contribution in [-0.4, -0.2) is 7.11 Å². The van der Waals surface area contributed by atoms with Crippen LogP contribution in [0.15, 0.2) is 42.5 Å². The van der Waals surface area contributed by atoms with Gasteiger partial charge in [-0.1, -0.05) is 29.8 Å². The van der Waals surface area contributed by atoms with Crippen molar-refractivity contribution >= 4 is 17.3 Å². The summed E-state index contributed by atoms with van der Waals surface area (Å²) >= 11 is 6.00. The molecule has 94 valence electrons. The number of nitrogens with two attached hydrogens (primary N) is 1. The van der Waals surface area contributed by atoms with E-state index < -0.39 is 0 Å². The Morgan fingerprint density at radius 1 is 1.11 bits per heavy atom. The second-order valence-corrected chi connectivity index (χ2v) is 4.20. The van der Waals surface area contributed by atoms with Crippen LogP contribution < -0.4 is 15.2 Å². The molecule has 0 amide bonds. The van der Waals surface area contributed by atoms with Gasteiger partial charge in [-0.15, -0.1) is 0 Å². The van der Waals surface area contributed by atoms with Gasteiger partial charge in [0.1, 0.15) is 18.1 Å². The van der Waals surface area contributed by atoms with Gasteiger partial charge in [0.05, 0.1) is 17.8 Å². The fourth-order valence-electron chi connectivity index (χ4n) is 1.57. The molecule has 4 heteroatoms. The van der Waals surface area contributed by atoms with Crippen molar-refractivity contribution in [3.05, 3.63) is 53.1 Å². The molecule has 0 aromatic heterocycles. The van der Waals surface area contributed by atoms with E-state index in [0.717, 1.165) is 5.56 Å². The van der Waals surface area contributed by atoms with Gasteiger partial charge in [0.25, 0.3) is 0 Å². The summed E-state index contributed by atoms with van der Waals surface area (Å²) in [6.45, 7) is 0.417. The molecule has 0 radical (unpaired) electrons. The third kappa shape index (κ3) is 2.87. The smallest absolute Gasteiger partial charge is 0.142 e. The van der Waals surface area contributed by atoms with E-state index >= 15 is 0 Å². The van der Waals surface area contributed by atoms with Crippen molar-refractivity contribution in [2.24, 2.45) is 0 Å². The van der Waals surface area contributed by atoms with Crippen molar-refractivity contribution in [2.75, 3.05) is 12.8 Å². The van der Waals surface area contributed by atoms with Gasteiger partial charge in [-0.05, 0) is 29.8 Å². The second-order valence-electron chi connectivity index (χ2n) is 3.80. The first-order valence-corrected chi connectivity index (χ1v) is 5.88. The van der Waals surface area contributed by atoms with E-state index in [0.29, 0.717) is 28.8 Å². The second kappa shape index (κ2) is 5.65. The van der Waals surface area contributed by atoms with Gasteiger partial charge in [0.15, 0.2) is 0 Å². The van der Waals surface area contributed by atoms with Crippen molar-refractivity contribution in [3.63, 3.8) is 0 Å². The Labute approximate surface area is 111 Å². The summed E-state index contributed by atoms with van der Waals surface area (Å²) in [5.74, 6) is 1.31. The topological polar surface area (TPSA) is 44.5 Å². The van der Waals surface area contributed by atoms with Gasteiger partial charge in [-0.2, -0.15) is 0 Å². The maximum atomic E-state index is 6.00. The quantitative estimate of drug-likeness (QED) is 0.859. The minimum atomic E-state index is 0.417. The molecule has 18 heavy (non-hydrogen) atoms. The Morgan fingerprint density at radius 3 is 2.61 bits per heavy atom. The Morgan fingerprint density at radius 2 is 1.89 bits per heavy atom. The maximum Gasteiger partial charge on any atom is 0.142 e. The first kappa shape index (κ1) is 12.6. The van der Waals surface area contributed by atoms with Crippen LogP contribution in [0.3, 0.4) is 0 Å². The van der Waals surface area contributed by atoms with Crippen LogP contribution in [0.4, 0.5) is 5.69 Å². The predicted octanol–water partition coefficient (Wildman–Crippen LogP) is 3.51. The number of hydrogen-bond donors (Lipinski definition) is 1. The molecule has 2 N–H and O–H groups in total. The lowest BCUT2D eigenvalue weighted by molar-refractivity contribution is 0.305. The van der Waals surface area contributed by atoms with Crippen LogP contribution in [0.5, 0.6) is 11.5 Å². The summed E-state index contributed by atoms with van der Waals surface area (Å²) in [6.07, 6.45) is 0. The van der Waals surface area contributed by atoms with Crippen LogP contribution in [0.2, 0.25) is 5.02 Å². The molecular formula is C14H14ClNO2. The van der Waals surface area contributed by atoms with E-state index in [2.05, 4.69) is 0 Å². The molecule has 3 nitrogen and oxygen atoms in total. The molecule has 0 bridgehead atoms. The van der Waals surface area contributed by atoms with Gasteiger partial charge < -0.3 is 15.2 Å². The summed E-state index contributed by atoms with van der Waals surface area (Å²) in [5, 5.41) is 0.597. The van der Waals surface area contributed by atoms with E-state index in [1.54, 1.807) is 19.2 Å². The average Bonchev–Trinajstić information content (AvgIpc) is 2.39. The third-order valence-electron chi connectivity index (χ3n) is 2.53. The molecule has 0 unspecified atom stereocenters. The number of halogens is 1. The lowest BCUT2D eigenvalue weighted by atomic mass is 10.2. The Balaban J connectivity index is 2.09. The SMILES string of the molecule is COc1cc(COc2ccccc2Cl)ccc1N. The molecule has 0 aliphatic carbocycles. The molecule has 2 aromatic rings. The summed E-state index contributed by atoms with van der Waals surface area (Å²) in [4.78, 5) is 0. The number of para-hydroxylation sites is 1. The zero-order chi connectivity index (χ0) is 13.0. The van der Waals surface area contributed by atoms with Crippen molar-refractivity contribution in [1.29, 1.82) is 0 Å². The molecule has 0 saturated heterocycles. The van der Waals surface area contributed by atoms with Gasteiger partial charge >= 0.3 is 0 Å². The molecule has 0 aliphatic rings. The lowest BCUT2D eigenvalue weighted by Gasteiger charge is -2.10. The van der Waals surface area contributed by atoms with Gasteiger partial charge in [-0.3, -0.25) is 0 Å². The molecular weight excluding hydrogens is 250 g/mol. The van der Waals surface area contributed by atoms with Crippen LogP contribution in [0, 0.1) is 0 Å². The number of hydrogen-bond acceptors (Lipinski definition) is 3. The molecule has 0 aliphatic heterocycles. The van der Waals surface area contributed by atoms with Gasteiger partial charge in [0.2, 0.25) is 0 Å². The van der Waals surface area contributed by atoms with Crippen LogP contribution in [-0.2, 0) is 6.61 Å². The van der Waals surface area contributed by atoms with Gasteiger partial charge in [-0.25, -0.2) is 0 Å². The first-order chi connectivity index (χ1) is 8.70. The van der Waals surface area contributed by atoms with E-state index in [1.165, 1.54) is 0 Å². The fourth-order valence-corrected chi connectivity index (χ4v) is 1.76. The maximum absolute atomic E-state index is 6.00. The highest BCUT2D eigenvalue weighted by Crippen LogP contribution is 2.26. The Kier molecular flexibility index (Phi) is 3.95. The van der Waals surface area contributed by atoms with Crippen molar-refractivity contribution in [2.45, 2.75) is 6.61 Å². The standard InChI is InChI=1S/C14H14ClNO2/c1-17-14-8-10(6-7-12(14)16)9-18-13-5-3-2-4-11(13)15/h2-8H,9,16H2,1H3. The van der Waals surface area contributed by atoms with E-state index in [-0.39, 0.29) is 0 Å². The van der Waals surface area contributed by atoms with Crippen LogP contribution in [0.1, 0.15) is 5.56 Å². The monoisotopic (exact) mass is 263 g/mol. The summed E-state index contributed by atoms with van der Waals surface area (Å²) in [6, 6.07) is 12.9. The molecule has 0 saturated carbocycles. The van der Waals surface area contributed by atoms with E-state index in [1.807, 2.05) is 30.3 Å². The molecule has 2 aromatic carbocycles. The molecule has 0 fully saturated rings. The predicted molar refractivity (Wildman–Crippen MR) is 73.2 cm³/mol. The van der Waals surface area contributed by atoms with E-state index in [4.69, 9.17) is 26.8 Å². The largest absolute Gasteiger partial charge is 0.495 e. The zero-order valence-corrected chi connectivity index (χ0v) is 10.8. The average molecular weight is 264 g/mol. The fraction of sp³-hybridized carbons (Fsp3) is 0.143. The molecule has 2 rings (SSSR count). The number of methoxy groups -OCH3 is 1. The minimum absolute atomic E-state index is 0.417. The highest BCUT2D eigenvalue weighted by molar-refractivity contribution is 6.32. The lowest BCUT2D eigenvalue weighted by Crippen LogP contribution is -1.98. The van der Waals surface area contributed by atoms with E-state index in [9.17, 15) is 0 Å². The summed E-state index contributed by atoms with van der Waals surface area (Å²) < 4.78 is 10.8. The van der Waals surface area contributed by atoms with Crippen LogP contribution in [0.25, 0.3) is 0 Å². The minimum Gasteiger partial charge on any atom is -0.495 e. The van der Waals surface area contributed by atoms with Crippen molar-refractivity contribution in [3.8, 4) is 11.5 Å². The molecule has 0 atom stereocenters. The number of anilines is 1. The highest BCUT2D eigenvalue weighted by atomic mass is 35.5. The number of ether oxygens (including phenoxy) is 2. The van der Waals surface area contributed by atoms with Gasteiger partial charge in [0, 0.05) is 0 Å². The number of benzene rings is 2.